The van der Waals surface area contributed by atoms with Crippen LogP contribution in [0.2, 0.25) is 0 Å². The Hall–Kier alpha value is -1.56. The lowest BCUT2D eigenvalue weighted by Gasteiger charge is -2.25. The first-order valence-electron chi connectivity index (χ1n) is 10.0. The maximum Gasteiger partial charge on any atom is 0.401 e. The van der Waals surface area contributed by atoms with Crippen molar-refractivity contribution in [1.82, 2.24) is 9.80 Å². The summed E-state index contributed by atoms with van der Waals surface area (Å²) in [6.45, 7) is 2.87. The van der Waals surface area contributed by atoms with E-state index in [4.69, 9.17) is 0 Å². The maximum absolute atomic E-state index is 12.6. The summed E-state index contributed by atoms with van der Waals surface area (Å²) >= 11 is 0. The molecule has 0 N–H and O–H groups in total. The molecular weight excluding hydrogens is 353 g/mol. The summed E-state index contributed by atoms with van der Waals surface area (Å²) in [6.07, 6.45) is 1.67. The Labute approximate surface area is 159 Å². The molecule has 2 aliphatic rings. The van der Waals surface area contributed by atoms with Crippen molar-refractivity contribution in [3.63, 3.8) is 0 Å². The van der Waals surface area contributed by atoms with Gasteiger partial charge in [0.15, 0.2) is 0 Å². The number of carbonyl (C=O) groups is 1. The van der Waals surface area contributed by atoms with Crippen molar-refractivity contribution in [3.05, 3.63) is 34.9 Å². The number of alkyl halides is 3. The van der Waals surface area contributed by atoms with Crippen LogP contribution in [0, 0.1) is 5.92 Å². The highest BCUT2D eigenvalue weighted by molar-refractivity contribution is 5.79. The maximum atomic E-state index is 12.6. The van der Waals surface area contributed by atoms with E-state index in [1.54, 1.807) is 6.92 Å². The van der Waals surface area contributed by atoms with Crippen molar-refractivity contribution >= 4 is 5.91 Å². The number of nitrogens with zero attached hydrogens (tertiary/aromatic N) is 2. The number of halogens is 3. The Morgan fingerprint density at radius 1 is 1.22 bits per heavy atom. The highest BCUT2D eigenvalue weighted by Gasteiger charge is 2.33. The van der Waals surface area contributed by atoms with Gasteiger partial charge in [-0.25, -0.2) is 0 Å². The second kappa shape index (κ2) is 8.63. The predicted octanol–water partition coefficient (Wildman–Crippen LogP) is 3.84. The fourth-order valence-electron chi connectivity index (χ4n) is 4.32. The number of fused-ring (bicyclic) bond motifs is 1. The molecule has 0 bridgehead atoms. The van der Waals surface area contributed by atoms with Crippen LogP contribution in [-0.4, -0.2) is 54.6 Å². The van der Waals surface area contributed by atoms with Gasteiger partial charge in [0.25, 0.3) is 0 Å². The third kappa shape index (κ3) is 5.71. The number of benzene rings is 1. The first-order chi connectivity index (χ1) is 12.8. The van der Waals surface area contributed by atoms with E-state index >= 15 is 0 Å². The van der Waals surface area contributed by atoms with Gasteiger partial charge in [0, 0.05) is 19.6 Å². The van der Waals surface area contributed by atoms with E-state index in [0.717, 1.165) is 24.8 Å². The van der Waals surface area contributed by atoms with Gasteiger partial charge in [-0.3, -0.25) is 9.69 Å². The van der Waals surface area contributed by atoms with E-state index in [1.807, 2.05) is 4.90 Å². The van der Waals surface area contributed by atoms with Crippen LogP contribution in [0.3, 0.4) is 0 Å². The Morgan fingerprint density at radius 2 is 1.96 bits per heavy atom. The highest BCUT2D eigenvalue weighted by Crippen LogP contribution is 2.24. The van der Waals surface area contributed by atoms with Crippen molar-refractivity contribution in [2.24, 2.45) is 5.92 Å². The van der Waals surface area contributed by atoms with Crippen LogP contribution in [0.25, 0.3) is 0 Å². The minimum Gasteiger partial charge on any atom is -0.342 e. The zero-order valence-electron chi connectivity index (χ0n) is 16.0. The molecule has 1 saturated heterocycles. The zero-order chi connectivity index (χ0) is 19.4. The average Bonchev–Trinajstić information content (AvgIpc) is 3.08. The molecule has 0 radical (unpaired) electrons. The summed E-state index contributed by atoms with van der Waals surface area (Å²) in [5.41, 5.74) is 3.83. The fraction of sp³-hybridized carbons (Fsp3) is 0.667. The molecule has 3 rings (SSSR count). The number of amides is 1. The summed E-state index contributed by atoms with van der Waals surface area (Å²) < 4.78 is 37.9. The lowest BCUT2D eigenvalue weighted by atomic mass is 9.90. The minimum absolute atomic E-state index is 0.0899. The molecule has 1 fully saturated rings. The van der Waals surface area contributed by atoms with Gasteiger partial charge >= 0.3 is 6.18 Å². The van der Waals surface area contributed by atoms with E-state index in [1.165, 1.54) is 28.9 Å². The Balaban J connectivity index is 1.51. The number of likely N-dealkylation sites (tertiary alicyclic amines) is 1. The number of hydrogen-bond donors (Lipinski definition) is 0. The molecular formula is C21H29F3N2O. The Bertz CT molecular complexity index is 659. The number of aryl methyl sites for hydroxylation is 2. The van der Waals surface area contributed by atoms with E-state index in [-0.39, 0.29) is 11.8 Å². The zero-order valence-corrected chi connectivity index (χ0v) is 16.0. The summed E-state index contributed by atoms with van der Waals surface area (Å²) in [6, 6.07) is 6.38. The van der Waals surface area contributed by atoms with Gasteiger partial charge in [-0.05, 0) is 61.3 Å². The van der Waals surface area contributed by atoms with Gasteiger partial charge in [0.1, 0.15) is 0 Å². The monoisotopic (exact) mass is 382 g/mol. The van der Waals surface area contributed by atoms with Crippen LogP contribution >= 0.6 is 0 Å². The van der Waals surface area contributed by atoms with Gasteiger partial charge in [0.05, 0.1) is 13.0 Å². The molecule has 1 aliphatic carbocycles. The summed E-state index contributed by atoms with van der Waals surface area (Å²) in [7, 11) is 0. The molecule has 6 heteroatoms. The molecule has 3 nitrogen and oxygen atoms in total. The van der Waals surface area contributed by atoms with Crippen molar-refractivity contribution < 1.29 is 18.0 Å². The van der Waals surface area contributed by atoms with Crippen molar-refractivity contribution in [2.75, 3.05) is 32.7 Å². The van der Waals surface area contributed by atoms with Crippen LogP contribution in [0.1, 0.15) is 42.9 Å². The third-order valence-corrected chi connectivity index (χ3v) is 5.77. The molecule has 27 heavy (non-hydrogen) atoms. The molecule has 1 heterocycles. The van der Waals surface area contributed by atoms with Crippen LogP contribution in [-0.2, 0) is 24.1 Å². The first kappa shape index (κ1) is 20.2. The predicted molar refractivity (Wildman–Crippen MR) is 99.6 cm³/mol. The molecule has 0 unspecified atom stereocenters. The molecule has 1 aliphatic heterocycles. The lowest BCUT2D eigenvalue weighted by Crippen LogP contribution is -2.38. The molecule has 1 atom stereocenters. The smallest absolute Gasteiger partial charge is 0.342 e. The standard InChI is InChI=1S/C21H29F3N2O/c1-2-25(15-21(22,23)24)13-17-9-10-26(14-17)20(27)12-16-7-8-18-5-3-4-6-19(18)11-16/h7-8,11,17H,2-6,9-10,12-15H2,1H3/t17-/m1/s1. The van der Waals surface area contributed by atoms with Gasteiger partial charge in [-0.2, -0.15) is 13.2 Å². The second-order valence-corrected chi connectivity index (χ2v) is 7.92. The molecule has 0 aromatic heterocycles. The van der Waals surface area contributed by atoms with Crippen molar-refractivity contribution in [3.8, 4) is 0 Å². The molecule has 150 valence electrons. The SMILES string of the molecule is CCN(C[C@H]1CCN(C(=O)Cc2ccc3c(c2)CCCC3)C1)CC(F)(F)F. The van der Waals surface area contributed by atoms with Crippen LogP contribution in [0.4, 0.5) is 13.2 Å². The van der Waals surface area contributed by atoms with Crippen LogP contribution in [0.15, 0.2) is 18.2 Å². The van der Waals surface area contributed by atoms with Gasteiger partial charge in [0.2, 0.25) is 5.91 Å². The molecule has 1 aromatic rings. The number of rotatable bonds is 6. The Kier molecular flexibility index (Phi) is 6.45. The largest absolute Gasteiger partial charge is 0.401 e. The lowest BCUT2D eigenvalue weighted by molar-refractivity contribution is -0.146. The average molecular weight is 382 g/mol. The van der Waals surface area contributed by atoms with E-state index < -0.39 is 12.7 Å². The molecule has 1 amide bonds. The van der Waals surface area contributed by atoms with Gasteiger partial charge in [-0.15, -0.1) is 0 Å². The van der Waals surface area contributed by atoms with E-state index in [2.05, 4.69) is 18.2 Å². The van der Waals surface area contributed by atoms with E-state index in [9.17, 15) is 18.0 Å². The van der Waals surface area contributed by atoms with Crippen molar-refractivity contribution in [1.29, 1.82) is 0 Å². The normalized spacial score (nSPS) is 20.2. The minimum atomic E-state index is -4.17. The van der Waals surface area contributed by atoms with Crippen molar-refractivity contribution in [2.45, 2.75) is 51.6 Å². The molecule has 0 spiro atoms. The quantitative estimate of drug-likeness (QED) is 0.746. The van der Waals surface area contributed by atoms with E-state index in [0.29, 0.717) is 32.6 Å². The number of hydrogen-bond acceptors (Lipinski definition) is 2. The van der Waals surface area contributed by atoms with Gasteiger partial charge in [-0.1, -0.05) is 25.1 Å². The third-order valence-electron chi connectivity index (χ3n) is 5.77. The molecule has 1 aromatic carbocycles. The summed E-state index contributed by atoms with van der Waals surface area (Å²) in [5, 5.41) is 0. The summed E-state index contributed by atoms with van der Waals surface area (Å²) in [5.74, 6) is 0.215. The molecule has 0 saturated carbocycles. The fourth-order valence-corrected chi connectivity index (χ4v) is 4.32. The topological polar surface area (TPSA) is 23.6 Å². The highest BCUT2D eigenvalue weighted by atomic mass is 19.4. The Morgan fingerprint density at radius 3 is 2.67 bits per heavy atom. The second-order valence-electron chi connectivity index (χ2n) is 7.92. The van der Waals surface area contributed by atoms with Crippen LogP contribution < -0.4 is 0 Å². The number of carbonyl (C=O) groups excluding carboxylic acids is 1. The first-order valence-corrected chi connectivity index (χ1v) is 10.0. The van der Waals surface area contributed by atoms with Gasteiger partial charge < -0.3 is 4.90 Å². The summed E-state index contributed by atoms with van der Waals surface area (Å²) in [4.78, 5) is 15.9. The van der Waals surface area contributed by atoms with Crippen LogP contribution in [0.5, 0.6) is 0 Å².